The Bertz CT molecular complexity index is 597. The van der Waals surface area contributed by atoms with E-state index in [2.05, 4.69) is 15.7 Å². The molecule has 3 rings (SSSR count). The summed E-state index contributed by atoms with van der Waals surface area (Å²) in [6, 6.07) is 9.49. The quantitative estimate of drug-likeness (QED) is 0.877. The van der Waals surface area contributed by atoms with Gasteiger partial charge in [-0.3, -0.25) is 4.79 Å². The Morgan fingerprint density at radius 3 is 3.00 bits per heavy atom. The second kappa shape index (κ2) is 7.93. The van der Waals surface area contributed by atoms with Gasteiger partial charge in [0.1, 0.15) is 6.04 Å². The maximum Gasteiger partial charge on any atom is 0.239 e. The summed E-state index contributed by atoms with van der Waals surface area (Å²) in [7, 11) is 0. The first kappa shape index (κ1) is 16.5. The van der Waals surface area contributed by atoms with Gasteiger partial charge in [0.05, 0.1) is 18.9 Å². The van der Waals surface area contributed by atoms with Crippen molar-refractivity contribution < 1.29 is 9.53 Å². The van der Waals surface area contributed by atoms with Gasteiger partial charge in [0, 0.05) is 25.5 Å². The maximum atomic E-state index is 12.1. The summed E-state index contributed by atoms with van der Waals surface area (Å²) in [5, 5.41) is 10.3. The molecule has 0 aliphatic carbocycles. The van der Waals surface area contributed by atoms with E-state index in [0.29, 0.717) is 26.3 Å². The molecular formula is C15H19ClN4O2. The minimum absolute atomic E-state index is 0. The Balaban J connectivity index is 0.00000176. The van der Waals surface area contributed by atoms with Gasteiger partial charge in [0.2, 0.25) is 5.91 Å². The lowest BCUT2D eigenvalue weighted by atomic mass is 10.1. The lowest BCUT2D eigenvalue weighted by molar-refractivity contribution is -0.126. The molecule has 1 aromatic heterocycles. The Kier molecular flexibility index (Phi) is 5.94. The van der Waals surface area contributed by atoms with Crippen LogP contribution >= 0.6 is 12.4 Å². The number of amides is 1. The van der Waals surface area contributed by atoms with E-state index in [4.69, 9.17) is 4.74 Å². The molecule has 1 fully saturated rings. The third-order valence-electron chi connectivity index (χ3n) is 3.43. The van der Waals surface area contributed by atoms with Crippen molar-refractivity contribution in [2.75, 3.05) is 19.8 Å². The number of rotatable bonds is 4. The summed E-state index contributed by atoms with van der Waals surface area (Å²) >= 11 is 0. The zero-order valence-electron chi connectivity index (χ0n) is 12.1. The van der Waals surface area contributed by atoms with Crippen LogP contribution in [0.15, 0.2) is 42.7 Å². The van der Waals surface area contributed by atoms with E-state index in [1.54, 1.807) is 10.9 Å². The molecule has 1 unspecified atom stereocenters. The minimum Gasteiger partial charge on any atom is -0.378 e. The molecule has 2 aromatic rings. The molecule has 0 bridgehead atoms. The van der Waals surface area contributed by atoms with Gasteiger partial charge in [-0.25, -0.2) is 4.68 Å². The summed E-state index contributed by atoms with van der Waals surface area (Å²) in [4.78, 5) is 12.1. The fourth-order valence-corrected chi connectivity index (χ4v) is 2.33. The number of ether oxygens (including phenoxy) is 1. The number of carbonyl (C=O) groups excluding carboxylic acids is 1. The summed E-state index contributed by atoms with van der Waals surface area (Å²) in [5.74, 6) is -0.0371. The molecular weight excluding hydrogens is 304 g/mol. The highest BCUT2D eigenvalue weighted by atomic mass is 35.5. The summed E-state index contributed by atoms with van der Waals surface area (Å²) in [5.41, 5.74) is 1.99. The summed E-state index contributed by atoms with van der Waals surface area (Å²) < 4.78 is 7.10. The number of nitrogens with one attached hydrogen (secondary N) is 2. The standard InChI is InChI=1S/C15H18N4O2.ClH/c20-15(13-11-21-9-7-16-13)17-10-12-4-1-2-5-14(12)19-8-3-6-18-19;/h1-6,8,13,16H,7,9-11H2,(H,17,20);1H. The van der Waals surface area contributed by atoms with Crippen LogP contribution in [-0.2, 0) is 16.1 Å². The highest BCUT2D eigenvalue weighted by Gasteiger charge is 2.20. The lowest BCUT2D eigenvalue weighted by Gasteiger charge is -2.23. The van der Waals surface area contributed by atoms with Crippen molar-refractivity contribution in [3.8, 4) is 5.69 Å². The van der Waals surface area contributed by atoms with E-state index >= 15 is 0 Å². The molecule has 2 N–H and O–H groups in total. The van der Waals surface area contributed by atoms with Gasteiger partial charge in [-0.2, -0.15) is 5.10 Å². The average molecular weight is 323 g/mol. The Morgan fingerprint density at radius 2 is 2.27 bits per heavy atom. The van der Waals surface area contributed by atoms with Gasteiger partial charge >= 0.3 is 0 Å². The number of halogens is 1. The predicted octanol–water partition coefficient (Wildman–Crippen LogP) is 0.899. The van der Waals surface area contributed by atoms with Crippen molar-refractivity contribution in [1.29, 1.82) is 0 Å². The fourth-order valence-electron chi connectivity index (χ4n) is 2.33. The zero-order chi connectivity index (χ0) is 14.5. The zero-order valence-corrected chi connectivity index (χ0v) is 12.9. The number of para-hydroxylation sites is 1. The minimum atomic E-state index is -0.268. The molecule has 1 aliphatic rings. The van der Waals surface area contributed by atoms with Crippen molar-refractivity contribution >= 4 is 18.3 Å². The molecule has 1 aliphatic heterocycles. The van der Waals surface area contributed by atoms with E-state index in [-0.39, 0.29) is 24.4 Å². The molecule has 22 heavy (non-hydrogen) atoms. The van der Waals surface area contributed by atoms with Crippen molar-refractivity contribution in [1.82, 2.24) is 20.4 Å². The van der Waals surface area contributed by atoms with Crippen LogP contribution in [0.1, 0.15) is 5.56 Å². The molecule has 0 spiro atoms. The highest BCUT2D eigenvalue weighted by molar-refractivity contribution is 5.85. The third kappa shape index (κ3) is 3.85. The number of morpholine rings is 1. The van der Waals surface area contributed by atoms with Crippen molar-refractivity contribution in [2.24, 2.45) is 0 Å². The van der Waals surface area contributed by atoms with Crippen molar-refractivity contribution in [2.45, 2.75) is 12.6 Å². The van der Waals surface area contributed by atoms with Crippen LogP contribution in [0.5, 0.6) is 0 Å². The van der Waals surface area contributed by atoms with Gasteiger partial charge in [0.15, 0.2) is 0 Å². The average Bonchev–Trinajstić information content (AvgIpc) is 3.08. The van der Waals surface area contributed by atoms with Crippen molar-refractivity contribution in [3.05, 3.63) is 48.3 Å². The second-order valence-corrected chi connectivity index (χ2v) is 4.88. The van der Waals surface area contributed by atoms with Gasteiger partial charge < -0.3 is 15.4 Å². The molecule has 0 saturated carbocycles. The Morgan fingerprint density at radius 1 is 1.41 bits per heavy atom. The molecule has 1 saturated heterocycles. The molecule has 118 valence electrons. The van der Waals surface area contributed by atoms with Gasteiger partial charge in [-0.05, 0) is 17.7 Å². The van der Waals surface area contributed by atoms with E-state index < -0.39 is 0 Å². The van der Waals surface area contributed by atoms with Gasteiger partial charge in [-0.1, -0.05) is 18.2 Å². The highest BCUT2D eigenvalue weighted by Crippen LogP contribution is 2.13. The number of nitrogens with zero attached hydrogens (tertiary/aromatic N) is 2. The Labute approximate surface area is 135 Å². The molecule has 1 atom stereocenters. The molecule has 2 heterocycles. The van der Waals surface area contributed by atoms with Crippen LogP contribution in [0.25, 0.3) is 5.69 Å². The van der Waals surface area contributed by atoms with Crippen LogP contribution in [0.4, 0.5) is 0 Å². The van der Waals surface area contributed by atoms with E-state index in [1.165, 1.54) is 0 Å². The number of benzene rings is 1. The molecule has 0 radical (unpaired) electrons. The number of carbonyl (C=O) groups is 1. The van der Waals surface area contributed by atoms with E-state index in [1.807, 2.05) is 36.5 Å². The van der Waals surface area contributed by atoms with Crippen LogP contribution in [-0.4, -0.2) is 41.5 Å². The number of aromatic nitrogens is 2. The largest absolute Gasteiger partial charge is 0.378 e. The van der Waals surface area contributed by atoms with E-state index in [0.717, 1.165) is 11.3 Å². The summed E-state index contributed by atoms with van der Waals surface area (Å²) in [6.07, 6.45) is 3.62. The van der Waals surface area contributed by atoms with E-state index in [9.17, 15) is 4.79 Å². The van der Waals surface area contributed by atoms with Crippen LogP contribution in [0.3, 0.4) is 0 Å². The van der Waals surface area contributed by atoms with Crippen LogP contribution in [0.2, 0.25) is 0 Å². The summed E-state index contributed by atoms with van der Waals surface area (Å²) in [6.45, 7) is 2.26. The molecule has 1 aromatic carbocycles. The molecule has 1 amide bonds. The molecule has 7 heteroatoms. The first-order chi connectivity index (χ1) is 10.3. The first-order valence-corrected chi connectivity index (χ1v) is 7.01. The fraction of sp³-hybridized carbons (Fsp3) is 0.333. The van der Waals surface area contributed by atoms with Crippen LogP contribution in [0, 0.1) is 0 Å². The Hall–Kier alpha value is -1.89. The predicted molar refractivity (Wildman–Crippen MR) is 85.3 cm³/mol. The van der Waals surface area contributed by atoms with Crippen LogP contribution < -0.4 is 10.6 Å². The van der Waals surface area contributed by atoms with Gasteiger partial charge in [0.25, 0.3) is 0 Å². The number of hydrogen-bond acceptors (Lipinski definition) is 4. The lowest BCUT2D eigenvalue weighted by Crippen LogP contribution is -2.51. The number of hydrogen-bond donors (Lipinski definition) is 2. The molecule has 6 nitrogen and oxygen atoms in total. The topological polar surface area (TPSA) is 68.2 Å². The third-order valence-corrected chi connectivity index (χ3v) is 3.43. The first-order valence-electron chi connectivity index (χ1n) is 7.01. The normalized spacial score (nSPS) is 17.5. The van der Waals surface area contributed by atoms with Crippen molar-refractivity contribution in [3.63, 3.8) is 0 Å². The maximum absolute atomic E-state index is 12.1. The second-order valence-electron chi connectivity index (χ2n) is 4.88. The SMILES string of the molecule is Cl.O=C(NCc1ccccc1-n1cccn1)C1COCCN1. The monoisotopic (exact) mass is 322 g/mol. The van der Waals surface area contributed by atoms with Gasteiger partial charge in [-0.15, -0.1) is 12.4 Å². The smallest absolute Gasteiger partial charge is 0.239 e.